The molecule has 0 aliphatic heterocycles. The van der Waals surface area contributed by atoms with Gasteiger partial charge in [0.15, 0.2) is 0 Å². The van der Waals surface area contributed by atoms with Gasteiger partial charge in [-0.25, -0.2) is 4.79 Å². The second-order valence-electron chi connectivity index (χ2n) is 2.58. The number of esters is 1. The molecule has 0 aromatic carbocycles. The molecule has 1 aromatic rings. The molecule has 0 spiro atoms. The van der Waals surface area contributed by atoms with Gasteiger partial charge in [0.2, 0.25) is 5.82 Å². The summed E-state index contributed by atoms with van der Waals surface area (Å²) in [6.07, 6.45) is 1.19. The lowest BCUT2D eigenvalue weighted by Gasteiger charge is -1.93. The van der Waals surface area contributed by atoms with Crippen molar-refractivity contribution in [2.75, 3.05) is 6.61 Å². The molecule has 6 nitrogen and oxygen atoms in total. The maximum absolute atomic E-state index is 12.0. The van der Waals surface area contributed by atoms with Crippen LogP contribution in [0.25, 0.3) is 0 Å². The molecule has 2 N–H and O–H groups in total. The summed E-state index contributed by atoms with van der Waals surface area (Å²) in [5.41, 5.74) is -1.71. The zero-order valence-corrected chi connectivity index (χ0v) is 9.00. The second-order valence-corrected chi connectivity index (χ2v) is 2.58. The molecule has 7 heteroatoms. The zero-order chi connectivity index (χ0) is 12.6. The lowest BCUT2D eigenvalue weighted by atomic mass is 10.5. The average Bonchev–Trinajstić information content (AvgIpc) is 2.25. The molecule has 0 aliphatic carbocycles. The van der Waals surface area contributed by atoms with Gasteiger partial charge in [0.05, 0.1) is 6.61 Å². The molecule has 0 bridgehead atoms. The number of nitrogens with one attached hydrogen (secondary N) is 2. The Morgan fingerprint density at radius 1 is 1.44 bits per heavy atom. The Labute approximate surface area is 90.5 Å². The maximum Gasteiger partial charge on any atom is 0.325 e. The van der Waals surface area contributed by atoms with Crippen LogP contribution in [0.5, 0.6) is 0 Å². The lowest BCUT2D eigenvalue weighted by Crippen LogP contribution is -2.23. The Balaban J connectivity index is 0.000000293. The summed E-state index contributed by atoms with van der Waals surface area (Å²) in [6.45, 7) is 4.07. The quantitative estimate of drug-likeness (QED) is 0.710. The summed E-state index contributed by atoms with van der Waals surface area (Å²) >= 11 is 0. The largest absolute Gasteiger partial charge is 0.466 e. The van der Waals surface area contributed by atoms with Crippen LogP contribution in [0.4, 0.5) is 4.39 Å². The van der Waals surface area contributed by atoms with E-state index in [-0.39, 0.29) is 5.97 Å². The monoisotopic (exact) mass is 232 g/mol. The molecule has 0 saturated carbocycles. The van der Waals surface area contributed by atoms with Crippen molar-refractivity contribution < 1.29 is 13.9 Å². The van der Waals surface area contributed by atoms with Crippen molar-refractivity contribution in [3.05, 3.63) is 32.9 Å². The van der Waals surface area contributed by atoms with Gasteiger partial charge in [0, 0.05) is 12.6 Å². The van der Waals surface area contributed by atoms with Crippen molar-refractivity contribution in [3.63, 3.8) is 0 Å². The summed E-state index contributed by atoms with van der Waals surface area (Å²) in [5.74, 6) is -1.11. The van der Waals surface area contributed by atoms with E-state index in [1.165, 1.54) is 0 Å². The minimum Gasteiger partial charge on any atom is -0.466 e. The van der Waals surface area contributed by atoms with Crippen LogP contribution < -0.4 is 11.2 Å². The van der Waals surface area contributed by atoms with Gasteiger partial charge < -0.3 is 9.72 Å². The number of halogens is 1. The average molecular weight is 232 g/mol. The van der Waals surface area contributed by atoms with E-state index >= 15 is 0 Å². The van der Waals surface area contributed by atoms with Gasteiger partial charge in [-0.1, -0.05) is 6.92 Å². The molecule has 0 radical (unpaired) electrons. The third-order valence-corrected chi connectivity index (χ3v) is 1.37. The van der Waals surface area contributed by atoms with E-state index in [2.05, 4.69) is 4.74 Å². The van der Waals surface area contributed by atoms with E-state index in [1.807, 2.05) is 4.98 Å². The number of aromatic nitrogens is 2. The predicted molar refractivity (Wildman–Crippen MR) is 54.6 cm³/mol. The molecule has 0 atom stereocenters. The standard InChI is InChI=1S/C5H10O2.C4H3FN2O2/c1-3-5(6)7-4-2;5-2-1-6-4(9)7-3(2)8/h3-4H2,1-2H3;1H,(H2,6,7,8,9). The van der Waals surface area contributed by atoms with Crippen LogP contribution in [-0.2, 0) is 9.53 Å². The number of ether oxygens (including phenoxy) is 1. The molecule has 16 heavy (non-hydrogen) atoms. The second kappa shape index (κ2) is 7.38. The van der Waals surface area contributed by atoms with Crippen LogP contribution in [0.1, 0.15) is 20.3 Å². The molecule has 0 saturated heterocycles. The van der Waals surface area contributed by atoms with Crippen LogP contribution in [-0.4, -0.2) is 22.5 Å². The van der Waals surface area contributed by atoms with Crippen molar-refractivity contribution in [2.24, 2.45) is 0 Å². The number of carbonyl (C=O) groups excluding carboxylic acids is 1. The molecule has 0 unspecified atom stereocenters. The van der Waals surface area contributed by atoms with Gasteiger partial charge in [-0.05, 0) is 6.92 Å². The van der Waals surface area contributed by atoms with E-state index in [0.717, 1.165) is 0 Å². The molecular weight excluding hydrogens is 219 g/mol. The third kappa shape index (κ3) is 5.74. The van der Waals surface area contributed by atoms with E-state index in [0.29, 0.717) is 19.2 Å². The van der Waals surface area contributed by atoms with Gasteiger partial charge >= 0.3 is 11.7 Å². The predicted octanol–water partition coefficient (Wildman–Crippen LogP) is 0.162. The molecule has 0 aliphatic rings. The van der Waals surface area contributed by atoms with E-state index in [1.54, 1.807) is 18.8 Å². The normalized spacial score (nSPS) is 8.94. The number of H-pyrrole nitrogens is 2. The van der Waals surface area contributed by atoms with Crippen LogP contribution >= 0.6 is 0 Å². The fourth-order valence-electron chi connectivity index (χ4n) is 0.656. The number of rotatable bonds is 2. The highest BCUT2D eigenvalue weighted by Crippen LogP contribution is 1.80. The summed E-state index contributed by atoms with van der Waals surface area (Å²) in [6, 6.07) is 0. The Bertz CT molecular complexity index is 438. The molecule has 1 rings (SSSR count). The molecular formula is C9H13FN2O4. The first-order valence-corrected chi connectivity index (χ1v) is 4.64. The van der Waals surface area contributed by atoms with E-state index in [9.17, 15) is 18.8 Å². The smallest absolute Gasteiger partial charge is 0.325 e. The van der Waals surface area contributed by atoms with Gasteiger partial charge in [-0.15, -0.1) is 0 Å². The van der Waals surface area contributed by atoms with E-state index in [4.69, 9.17) is 0 Å². The number of hydrogen-bond acceptors (Lipinski definition) is 4. The maximum atomic E-state index is 12.0. The van der Waals surface area contributed by atoms with Crippen molar-refractivity contribution in [2.45, 2.75) is 20.3 Å². The molecule has 0 fully saturated rings. The van der Waals surface area contributed by atoms with Gasteiger partial charge in [-0.3, -0.25) is 14.6 Å². The van der Waals surface area contributed by atoms with Gasteiger partial charge in [-0.2, -0.15) is 4.39 Å². The van der Waals surface area contributed by atoms with Crippen molar-refractivity contribution in [1.29, 1.82) is 0 Å². The topological polar surface area (TPSA) is 92.0 Å². The van der Waals surface area contributed by atoms with Crippen LogP contribution in [0.3, 0.4) is 0 Å². The van der Waals surface area contributed by atoms with Crippen LogP contribution in [0.2, 0.25) is 0 Å². The van der Waals surface area contributed by atoms with Gasteiger partial charge in [0.1, 0.15) is 0 Å². The van der Waals surface area contributed by atoms with E-state index < -0.39 is 17.1 Å². The SMILES string of the molecule is CCOC(=O)CC.O=c1[nH]cc(F)c(=O)[nH]1. The summed E-state index contributed by atoms with van der Waals surface area (Å²) in [5, 5.41) is 0. The summed E-state index contributed by atoms with van der Waals surface area (Å²) in [7, 11) is 0. The minimum atomic E-state index is -1.00. The Kier molecular flexibility index (Phi) is 6.50. The number of carbonyl (C=O) groups is 1. The van der Waals surface area contributed by atoms with Gasteiger partial charge in [0.25, 0.3) is 5.56 Å². The Morgan fingerprint density at radius 3 is 2.38 bits per heavy atom. The van der Waals surface area contributed by atoms with Crippen molar-refractivity contribution in [3.8, 4) is 0 Å². The van der Waals surface area contributed by atoms with Crippen LogP contribution in [0, 0.1) is 5.82 Å². The molecule has 1 aromatic heterocycles. The lowest BCUT2D eigenvalue weighted by molar-refractivity contribution is -0.142. The number of aromatic amines is 2. The Hall–Kier alpha value is -1.92. The number of hydrogen-bond donors (Lipinski definition) is 2. The van der Waals surface area contributed by atoms with Crippen LogP contribution in [0.15, 0.2) is 15.8 Å². The highest BCUT2D eigenvalue weighted by molar-refractivity contribution is 5.68. The Morgan fingerprint density at radius 2 is 2.06 bits per heavy atom. The first-order chi connectivity index (χ1) is 7.51. The summed E-state index contributed by atoms with van der Waals surface area (Å²) < 4.78 is 16.5. The molecule has 90 valence electrons. The molecule has 1 heterocycles. The third-order valence-electron chi connectivity index (χ3n) is 1.37. The first kappa shape index (κ1) is 14.1. The zero-order valence-electron chi connectivity index (χ0n) is 9.00. The fourth-order valence-corrected chi connectivity index (χ4v) is 0.656. The highest BCUT2D eigenvalue weighted by Gasteiger charge is 1.93. The van der Waals surface area contributed by atoms with Crippen molar-refractivity contribution >= 4 is 5.97 Å². The first-order valence-electron chi connectivity index (χ1n) is 4.64. The molecule has 0 amide bonds. The fraction of sp³-hybridized carbons (Fsp3) is 0.444. The highest BCUT2D eigenvalue weighted by atomic mass is 19.1. The van der Waals surface area contributed by atoms with Crippen molar-refractivity contribution in [1.82, 2.24) is 9.97 Å². The minimum absolute atomic E-state index is 0.123. The summed E-state index contributed by atoms with van der Waals surface area (Å²) in [4.78, 5) is 34.2.